The summed E-state index contributed by atoms with van der Waals surface area (Å²) in [4.78, 5) is 11.8. The number of aryl methyl sites for hydroxylation is 1. The molecule has 0 heterocycles. The van der Waals surface area contributed by atoms with E-state index in [1.807, 2.05) is 24.3 Å². The fourth-order valence-corrected chi connectivity index (χ4v) is 2.16. The predicted octanol–water partition coefficient (Wildman–Crippen LogP) is 3.52. The van der Waals surface area contributed by atoms with Gasteiger partial charge in [0.1, 0.15) is 0 Å². The molecular weight excluding hydrogens is 264 g/mol. The average Bonchev–Trinajstić information content (AvgIpc) is 2.46. The number of esters is 1. The SMILES string of the molecule is CCOC(=O)[C@@H](C/C=C(\C)CCc1ccccc1)[C@@H](C)O. The van der Waals surface area contributed by atoms with Crippen LogP contribution >= 0.6 is 0 Å². The maximum absolute atomic E-state index is 11.8. The van der Waals surface area contributed by atoms with Crippen LogP contribution < -0.4 is 0 Å². The molecule has 0 amide bonds. The fraction of sp³-hybridized carbons (Fsp3) is 0.500. The first kappa shape index (κ1) is 17.4. The van der Waals surface area contributed by atoms with Crippen LogP contribution in [-0.2, 0) is 16.0 Å². The molecule has 0 aliphatic carbocycles. The quantitative estimate of drug-likeness (QED) is 0.588. The number of allylic oxidation sites excluding steroid dienone is 2. The number of carbonyl (C=O) groups excluding carboxylic acids is 1. The molecule has 3 nitrogen and oxygen atoms in total. The Kier molecular flexibility index (Phi) is 7.76. The molecule has 0 unspecified atom stereocenters. The van der Waals surface area contributed by atoms with Gasteiger partial charge < -0.3 is 9.84 Å². The lowest BCUT2D eigenvalue weighted by molar-refractivity contribution is -0.151. The summed E-state index contributed by atoms with van der Waals surface area (Å²) in [7, 11) is 0. The molecule has 0 spiro atoms. The van der Waals surface area contributed by atoms with E-state index in [0.29, 0.717) is 13.0 Å². The zero-order chi connectivity index (χ0) is 15.7. The van der Waals surface area contributed by atoms with Crippen LogP contribution in [0.5, 0.6) is 0 Å². The van der Waals surface area contributed by atoms with Gasteiger partial charge in [0.15, 0.2) is 0 Å². The van der Waals surface area contributed by atoms with Crippen LogP contribution in [0.3, 0.4) is 0 Å². The summed E-state index contributed by atoms with van der Waals surface area (Å²) in [5.74, 6) is -0.795. The molecule has 1 N–H and O–H groups in total. The van der Waals surface area contributed by atoms with E-state index >= 15 is 0 Å². The molecule has 0 aliphatic heterocycles. The number of aliphatic hydroxyl groups is 1. The van der Waals surface area contributed by atoms with E-state index in [1.165, 1.54) is 11.1 Å². The molecular formula is C18H26O3. The van der Waals surface area contributed by atoms with Crippen molar-refractivity contribution in [2.75, 3.05) is 6.61 Å². The molecule has 0 bridgehead atoms. The molecule has 0 aromatic heterocycles. The van der Waals surface area contributed by atoms with Crippen LogP contribution in [0, 0.1) is 5.92 Å². The van der Waals surface area contributed by atoms with E-state index in [1.54, 1.807) is 13.8 Å². The number of hydrogen-bond acceptors (Lipinski definition) is 3. The minimum Gasteiger partial charge on any atom is -0.466 e. The molecule has 0 fully saturated rings. The van der Waals surface area contributed by atoms with Crippen molar-refractivity contribution in [3.63, 3.8) is 0 Å². The van der Waals surface area contributed by atoms with Crippen molar-refractivity contribution in [1.29, 1.82) is 0 Å². The van der Waals surface area contributed by atoms with Gasteiger partial charge in [-0.2, -0.15) is 0 Å². The summed E-state index contributed by atoms with van der Waals surface area (Å²) in [5.41, 5.74) is 2.54. The minimum atomic E-state index is -0.692. The third kappa shape index (κ3) is 6.58. The summed E-state index contributed by atoms with van der Waals surface area (Å²) in [6, 6.07) is 10.3. The maximum Gasteiger partial charge on any atom is 0.311 e. The molecule has 116 valence electrons. The van der Waals surface area contributed by atoms with E-state index in [4.69, 9.17) is 4.74 Å². The number of rotatable bonds is 8. The third-order valence-electron chi connectivity index (χ3n) is 3.54. The largest absolute Gasteiger partial charge is 0.466 e. The van der Waals surface area contributed by atoms with Gasteiger partial charge in [-0.15, -0.1) is 0 Å². The van der Waals surface area contributed by atoms with Crippen molar-refractivity contribution in [2.45, 2.75) is 46.1 Å². The van der Waals surface area contributed by atoms with Crippen molar-refractivity contribution < 1.29 is 14.6 Å². The molecule has 2 atom stereocenters. The van der Waals surface area contributed by atoms with Gasteiger partial charge in [-0.3, -0.25) is 4.79 Å². The van der Waals surface area contributed by atoms with Crippen LogP contribution in [-0.4, -0.2) is 23.8 Å². The van der Waals surface area contributed by atoms with E-state index in [2.05, 4.69) is 19.1 Å². The summed E-state index contributed by atoms with van der Waals surface area (Å²) >= 11 is 0. The van der Waals surface area contributed by atoms with E-state index < -0.39 is 12.0 Å². The Balaban J connectivity index is 2.50. The highest BCUT2D eigenvalue weighted by atomic mass is 16.5. The molecule has 0 saturated heterocycles. The second-order valence-electron chi connectivity index (χ2n) is 5.37. The Morgan fingerprint density at radius 2 is 2.00 bits per heavy atom. The first-order valence-corrected chi connectivity index (χ1v) is 7.58. The molecule has 1 aromatic rings. The number of aliphatic hydroxyl groups excluding tert-OH is 1. The lowest BCUT2D eigenvalue weighted by Crippen LogP contribution is -2.27. The standard InChI is InChI=1S/C18H26O3/c1-4-21-18(20)17(15(3)19)13-11-14(2)10-12-16-8-6-5-7-9-16/h5-9,11,15,17,19H,4,10,12-13H2,1-3H3/b14-11+/t15-,17+/m1/s1. The number of benzene rings is 1. The van der Waals surface area contributed by atoms with Crippen molar-refractivity contribution in [2.24, 2.45) is 5.92 Å². The molecule has 0 aliphatic rings. The van der Waals surface area contributed by atoms with Crippen LogP contribution in [0.1, 0.15) is 39.2 Å². The van der Waals surface area contributed by atoms with Gasteiger partial charge in [0.2, 0.25) is 0 Å². The fourth-order valence-electron chi connectivity index (χ4n) is 2.16. The highest BCUT2D eigenvalue weighted by Crippen LogP contribution is 2.16. The van der Waals surface area contributed by atoms with Gasteiger partial charge in [0.05, 0.1) is 18.6 Å². The molecule has 1 rings (SSSR count). The van der Waals surface area contributed by atoms with Crippen LogP contribution in [0.25, 0.3) is 0 Å². The maximum atomic E-state index is 11.8. The second kappa shape index (κ2) is 9.35. The Labute approximate surface area is 127 Å². The third-order valence-corrected chi connectivity index (χ3v) is 3.54. The number of hydrogen-bond donors (Lipinski definition) is 1. The Bertz CT molecular complexity index is 449. The van der Waals surface area contributed by atoms with E-state index in [9.17, 15) is 9.90 Å². The van der Waals surface area contributed by atoms with Gasteiger partial charge in [0.25, 0.3) is 0 Å². The minimum absolute atomic E-state index is 0.320. The summed E-state index contributed by atoms with van der Waals surface area (Å²) in [6.45, 7) is 5.82. The highest BCUT2D eigenvalue weighted by Gasteiger charge is 2.23. The van der Waals surface area contributed by atoms with Gasteiger partial charge in [-0.05, 0) is 45.6 Å². The van der Waals surface area contributed by atoms with Gasteiger partial charge in [-0.25, -0.2) is 0 Å². The van der Waals surface area contributed by atoms with Crippen molar-refractivity contribution in [1.82, 2.24) is 0 Å². The monoisotopic (exact) mass is 290 g/mol. The summed E-state index contributed by atoms with van der Waals surface area (Å²) in [6.07, 6.45) is 3.82. The van der Waals surface area contributed by atoms with Gasteiger partial charge in [-0.1, -0.05) is 42.0 Å². The first-order chi connectivity index (χ1) is 10.0. The topological polar surface area (TPSA) is 46.5 Å². The zero-order valence-corrected chi connectivity index (χ0v) is 13.2. The normalized spacial score (nSPS) is 14.6. The second-order valence-corrected chi connectivity index (χ2v) is 5.37. The number of ether oxygens (including phenoxy) is 1. The summed E-state index contributed by atoms with van der Waals surface area (Å²) in [5, 5.41) is 9.70. The Morgan fingerprint density at radius 3 is 2.57 bits per heavy atom. The van der Waals surface area contributed by atoms with E-state index in [-0.39, 0.29) is 5.97 Å². The first-order valence-electron chi connectivity index (χ1n) is 7.58. The van der Waals surface area contributed by atoms with Crippen LogP contribution in [0.15, 0.2) is 42.0 Å². The molecule has 21 heavy (non-hydrogen) atoms. The lowest BCUT2D eigenvalue weighted by atomic mass is 9.97. The van der Waals surface area contributed by atoms with E-state index in [0.717, 1.165) is 12.8 Å². The molecule has 0 radical (unpaired) electrons. The van der Waals surface area contributed by atoms with Crippen molar-refractivity contribution >= 4 is 5.97 Å². The van der Waals surface area contributed by atoms with Crippen molar-refractivity contribution in [3.05, 3.63) is 47.5 Å². The highest BCUT2D eigenvalue weighted by molar-refractivity contribution is 5.73. The lowest BCUT2D eigenvalue weighted by Gasteiger charge is -2.16. The molecule has 3 heteroatoms. The molecule has 1 aromatic carbocycles. The average molecular weight is 290 g/mol. The number of carbonyl (C=O) groups is 1. The smallest absolute Gasteiger partial charge is 0.311 e. The van der Waals surface area contributed by atoms with Gasteiger partial charge >= 0.3 is 5.97 Å². The molecule has 0 saturated carbocycles. The Morgan fingerprint density at radius 1 is 1.33 bits per heavy atom. The Hall–Kier alpha value is -1.61. The van der Waals surface area contributed by atoms with Crippen molar-refractivity contribution in [3.8, 4) is 0 Å². The van der Waals surface area contributed by atoms with Gasteiger partial charge in [0, 0.05) is 0 Å². The predicted molar refractivity (Wildman–Crippen MR) is 84.9 cm³/mol. The van der Waals surface area contributed by atoms with Crippen LogP contribution in [0.2, 0.25) is 0 Å². The van der Waals surface area contributed by atoms with Crippen LogP contribution in [0.4, 0.5) is 0 Å². The summed E-state index contributed by atoms with van der Waals surface area (Å²) < 4.78 is 5.00. The zero-order valence-electron chi connectivity index (χ0n) is 13.2.